The van der Waals surface area contributed by atoms with Crippen molar-refractivity contribution in [1.82, 2.24) is 9.97 Å². The van der Waals surface area contributed by atoms with Crippen molar-refractivity contribution >= 4 is 45.6 Å². The van der Waals surface area contributed by atoms with Crippen LogP contribution < -0.4 is 20.4 Å². The zero-order valence-corrected chi connectivity index (χ0v) is 22.3. The van der Waals surface area contributed by atoms with Crippen LogP contribution in [0.5, 0.6) is 0 Å². The van der Waals surface area contributed by atoms with Crippen LogP contribution in [0.3, 0.4) is 0 Å². The van der Waals surface area contributed by atoms with E-state index >= 15 is 0 Å². The number of hydrogen-bond acceptors (Lipinski definition) is 5. The lowest BCUT2D eigenvalue weighted by atomic mass is 10.1. The first-order chi connectivity index (χ1) is 18.7. The molecule has 4 aromatic carbocycles. The van der Waals surface area contributed by atoms with Gasteiger partial charge in [-0.05, 0) is 91.0 Å². The summed E-state index contributed by atoms with van der Waals surface area (Å²) in [6.07, 6.45) is 0. The molecule has 0 fully saturated rings. The third-order valence-corrected chi connectivity index (χ3v) is 6.62. The number of fused-ring (bicyclic) bond motifs is 1. The van der Waals surface area contributed by atoms with Crippen LogP contribution in [-0.2, 0) is 0 Å². The lowest BCUT2D eigenvalue weighted by Crippen LogP contribution is -2.26. The largest absolute Gasteiger partial charge is 0.378 e. The Kier molecular flexibility index (Phi) is 6.77. The summed E-state index contributed by atoms with van der Waals surface area (Å²) in [7, 11) is 7.91. The van der Waals surface area contributed by atoms with E-state index in [1.165, 1.54) is 0 Å². The predicted molar refractivity (Wildman–Crippen MR) is 158 cm³/mol. The average Bonchev–Trinajstić information content (AvgIpc) is 3.37. The molecule has 0 saturated heterocycles. The van der Waals surface area contributed by atoms with Gasteiger partial charge in [0, 0.05) is 61.9 Å². The van der Waals surface area contributed by atoms with Crippen molar-refractivity contribution in [2.45, 2.75) is 0 Å². The fourth-order valence-corrected chi connectivity index (χ4v) is 4.38. The highest BCUT2D eigenvalue weighted by atomic mass is 16.2. The third-order valence-electron chi connectivity index (χ3n) is 6.62. The normalized spacial score (nSPS) is 10.9. The van der Waals surface area contributed by atoms with Crippen molar-refractivity contribution in [2.24, 2.45) is 5.73 Å². The number of nitrogens with two attached hydrogens (primary N) is 1. The van der Waals surface area contributed by atoms with E-state index in [1.54, 1.807) is 29.2 Å². The van der Waals surface area contributed by atoms with E-state index in [-0.39, 0.29) is 5.91 Å². The fourth-order valence-electron chi connectivity index (χ4n) is 4.38. The molecule has 0 aliphatic heterocycles. The van der Waals surface area contributed by atoms with Gasteiger partial charge in [0.25, 0.3) is 5.91 Å². The summed E-state index contributed by atoms with van der Waals surface area (Å²) in [4.78, 5) is 39.3. The van der Waals surface area contributed by atoms with Gasteiger partial charge in [0.15, 0.2) is 0 Å². The van der Waals surface area contributed by atoms with Gasteiger partial charge in [-0.1, -0.05) is 0 Å². The minimum absolute atomic E-state index is 0.203. The topological polar surface area (TPSA) is 98.6 Å². The van der Waals surface area contributed by atoms with Crippen LogP contribution >= 0.6 is 0 Å². The lowest BCUT2D eigenvalue weighted by molar-refractivity contribution is 0.0993. The molecule has 1 aromatic heterocycles. The molecule has 3 N–H and O–H groups in total. The minimum Gasteiger partial charge on any atom is -0.378 e. The average molecular weight is 519 g/mol. The maximum absolute atomic E-state index is 13.9. The molecule has 8 nitrogen and oxygen atoms in total. The second-order valence-corrected chi connectivity index (χ2v) is 9.72. The molecule has 39 heavy (non-hydrogen) atoms. The Balaban J connectivity index is 1.56. The maximum atomic E-state index is 13.9. The van der Waals surface area contributed by atoms with E-state index in [1.807, 2.05) is 105 Å². The first-order valence-corrected chi connectivity index (χ1v) is 12.5. The first kappa shape index (κ1) is 25.5. The molecule has 1 heterocycles. The number of carbonyl (C=O) groups is 2. The molecule has 0 bridgehead atoms. The molecule has 0 aliphatic rings. The minimum atomic E-state index is -0.524. The molecule has 0 unspecified atom stereocenters. The number of primary amides is 1. The van der Waals surface area contributed by atoms with Crippen LogP contribution in [0.2, 0.25) is 0 Å². The number of H-pyrrole nitrogens is 1. The molecule has 0 spiro atoms. The number of aromatic amines is 1. The molecule has 8 heteroatoms. The quantitative estimate of drug-likeness (QED) is 0.299. The summed E-state index contributed by atoms with van der Waals surface area (Å²) in [5.41, 5.74) is 12.3. The molecule has 0 atom stereocenters. The Labute approximate surface area is 227 Å². The molecule has 5 rings (SSSR count). The molecule has 0 aliphatic carbocycles. The number of rotatable bonds is 7. The Morgan fingerprint density at radius 1 is 0.667 bits per heavy atom. The monoisotopic (exact) mass is 518 g/mol. The zero-order valence-electron chi connectivity index (χ0n) is 22.3. The first-order valence-electron chi connectivity index (χ1n) is 12.5. The van der Waals surface area contributed by atoms with E-state index in [9.17, 15) is 9.59 Å². The Hall–Kier alpha value is -5.11. The van der Waals surface area contributed by atoms with Gasteiger partial charge in [-0.15, -0.1) is 0 Å². The number of imidazole rings is 1. The number of anilines is 4. The molecular weight excluding hydrogens is 488 g/mol. The van der Waals surface area contributed by atoms with Crippen LogP contribution in [0.25, 0.3) is 22.4 Å². The van der Waals surface area contributed by atoms with Crippen molar-refractivity contribution in [2.75, 3.05) is 42.9 Å². The van der Waals surface area contributed by atoms with Gasteiger partial charge < -0.3 is 20.5 Å². The summed E-state index contributed by atoms with van der Waals surface area (Å²) < 4.78 is 0. The van der Waals surface area contributed by atoms with E-state index in [0.29, 0.717) is 22.5 Å². The fraction of sp³-hybridized carbons (Fsp3) is 0.129. The molecular formula is C31H30N6O2. The van der Waals surface area contributed by atoms with E-state index in [4.69, 9.17) is 10.7 Å². The van der Waals surface area contributed by atoms with E-state index in [0.717, 1.165) is 33.8 Å². The second-order valence-electron chi connectivity index (χ2n) is 9.72. The van der Waals surface area contributed by atoms with Gasteiger partial charge in [0.2, 0.25) is 5.91 Å². The van der Waals surface area contributed by atoms with Crippen molar-refractivity contribution in [1.29, 1.82) is 0 Å². The van der Waals surface area contributed by atoms with Crippen LogP contribution in [0.1, 0.15) is 20.7 Å². The van der Waals surface area contributed by atoms with Gasteiger partial charge in [-0.25, -0.2) is 4.98 Å². The number of nitrogens with one attached hydrogen (secondary N) is 1. The molecule has 5 aromatic rings. The van der Waals surface area contributed by atoms with Gasteiger partial charge >= 0.3 is 0 Å². The standard InChI is InChI=1S/C31H30N6O2/c1-35(2)23-11-7-21(8-12-23)30-33-27-18-17-26(19-28(27)34-30)37(25-15-5-20(6-16-25)29(32)38)31(39)22-9-13-24(14-10-22)36(3)4/h5-19H,1-4H3,(H2,32,38)(H,33,34). The molecule has 2 amide bonds. The van der Waals surface area contributed by atoms with Gasteiger partial charge in [0.1, 0.15) is 5.82 Å². The second kappa shape index (κ2) is 10.3. The Bertz CT molecular complexity index is 1640. The predicted octanol–water partition coefficient (Wildman–Crippen LogP) is 5.44. The van der Waals surface area contributed by atoms with E-state index < -0.39 is 5.91 Å². The number of aromatic nitrogens is 2. The third kappa shape index (κ3) is 5.17. The van der Waals surface area contributed by atoms with Gasteiger partial charge in [-0.2, -0.15) is 0 Å². The van der Waals surface area contributed by atoms with Crippen LogP contribution in [0.4, 0.5) is 22.7 Å². The lowest BCUT2D eigenvalue weighted by Gasteiger charge is -2.24. The summed E-state index contributed by atoms with van der Waals surface area (Å²) >= 11 is 0. The van der Waals surface area contributed by atoms with Crippen molar-refractivity contribution in [3.05, 3.63) is 102 Å². The van der Waals surface area contributed by atoms with Crippen LogP contribution in [0, 0.1) is 0 Å². The van der Waals surface area contributed by atoms with E-state index in [2.05, 4.69) is 4.98 Å². The van der Waals surface area contributed by atoms with Crippen LogP contribution in [0.15, 0.2) is 91.0 Å². The summed E-state index contributed by atoms with van der Waals surface area (Å²) in [6, 6.07) is 28.0. The van der Waals surface area contributed by atoms with Crippen LogP contribution in [-0.4, -0.2) is 50.0 Å². The molecule has 196 valence electrons. The SMILES string of the molecule is CN(C)c1ccc(C(=O)N(c2ccc(C(N)=O)cc2)c2ccc3nc(-c4ccc(N(C)C)cc4)[nH]c3c2)cc1. The summed E-state index contributed by atoms with van der Waals surface area (Å²) in [5, 5.41) is 0. The summed E-state index contributed by atoms with van der Waals surface area (Å²) in [5.74, 6) is 0.0182. The highest BCUT2D eigenvalue weighted by molar-refractivity contribution is 6.12. The zero-order chi connectivity index (χ0) is 27.7. The highest BCUT2D eigenvalue weighted by Crippen LogP contribution is 2.32. The van der Waals surface area contributed by atoms with Crippen molar-refractivity contribution in [3.63, 3.8) is 0 Å². The molecule has 0 saturated carbocycles. The number of hydrogen-bond donors (Lipinski definition) is 2. The van der Waals surface area contributed by atoms with Gasteiger partial charge in [0.05, 0.1) is 16.7 Å². The van der Waals surface area contributed by atoms with Crippen molar-refractivity contribution < 1.29 is 9.59 Å². The maximum Gasteiger partial charge on any atom is 0.262 e. The Morgan fingerprint density at radius 2 is 1.18 bits per heavy atom. The van der Waals surface area contributed by atoms with Crippen molar-refractivity contribution in [3.8, 4) is 11.4 Å². The Morgan fingerprint density at radius 3 is 1.74 bits per heavy atom. The van der Waals surface area contributed by atoms with Gasteiger partial charge in [-0.3, -0.25) is 14.5 Å². The number of amides is 2. The number of carbonyl (C=O) groups excluding carboxylic acids is 2. The number of benzene rings is 4. The summed E-state index contributed by atoms with van der Waals surface area (Å²) in [6.45, 7) is 0. The molecule has 0 radical (unpaired) electrons. The number of nitrogens with zero attached hydrogens (tertiary/aromatic N) is 4. The smallest absolute Gasteiger partial charge is 0.262 e. The highest BCUT2D eigenvalue weighted by Gasteiger charge is 2.21.